The van der Waals surface area contributed by atoms with E-state index >= 15 is 0 Å². The molecule has 0 radical (unpaired) electrons. The fourth-order valence-electron chi connectivity index (χ4n) is 3.12. The van der Waals surface area contributed by atoms with Gasteiger partial charge in [-0.2, -0.15) is 5.10 Å². The molecule has 0 atom stereocenters. The Morgan fingerprint density at radius 3 is 2.85 bits per heavy atom. The summed E-state index contributed by atoms with van der Waals surface area (Å²) < 4.78 is 21.2. The van der Waals surface area contributed by atoms with Gasteiger partial charge < -0.3 is 4.74 Å². The molecule has 27 heavy (non-hydrogen) atoms. The van der Waals surface area contributed by atoms with Gasteiger partial charge in [0, 0.05) is 16.1 Å². The summed E-state index contributed by atoms with van der Waals surface area (Å²) in [4.78, 5) is 16.9. The van der Waals surface area contributed by atoms with Crippen molar-refractivity contribution in [2.24, 2.45) is 4.99 Å². The normalized spacial score (nSPS) is 12.6. The Kier molecular flexibility index (Phi) is 4.49. The first kappa shape index (κ1) is 17.4. The standard InChI is InChI=1S/C20H15ClFN3O2/c1-2-27-20(26)15-10-24-25-17-8-7-12(21)9-14(17)19(23-11-18(15)25)13-5-3-4-6-16(13)22/h3-10H,2,11H2,1H3. The van der Waals surface area contributed by atoms with Gasteiger partial charge in [0.2, 0.25) is 0 Å². The average molecular weight is 384 g/mol. The Bertz CT molecular complexity index is 1070. The Morgan fingerprint density at radius 2 is 2.07 bits per heavy atom. The number of fused-ring (bicyclic) bond motifs is 3. The van der Waals surface area contributed by atoms with Crippen LogP contribution in [0.4, 0.5) is 4.39 Å². The number of benzene rings is 2. The summed E-state index contributed by atoms with van der Waals surface area (Å²) >= 11 is 6.19. The lowest BCUT2D eigenvalue weighted by molar-refractivity contribution is 0.0525. The highest BCUT2D eigenvalue weighted by Crippen LogP contribution is 2.29. The molecule has 0 saturated carbocycles. The van der Waals surface area contributed by atoms with E-state index in [9.17, 15) is 9.18 Å². The molecule has 136 valence electrons. The van der Waals surface area contributed by atoms with Crippen LogP contribution >= 0.6 is 11.6 Å². The van der Waals surface area contributed by atoms with Crippen molar-refractivity contribution < 1.29 is 13.9 Å². The van der Waals surface area contributed by atoms with Crippen molar-refractivity contribution in [2.45, 2.75) is 13.5 Å². The zero-order chi connectivity index (χ0) is 19.0. The molecule has 4 rings (SSSR count). The summed E-state index contributed by atoms with van der Waals surface area (Å²) in [7, 11) is 0. The molecule has 1 aromatic heterocycles. The van der Waals surface area contributed by atoms with E-state index in [2.05, 4.69) is 10.1 Å². The Morgan fingerprint density at radius 1 is 1.26 bits per heavy atom. The molecule has 0 fully saturated rings. The Hall–Kier alpha value is -2.99. The second-order valence-electron chi connectivity index (χ2n) is 5.94. The number of esters is 1. The maximum absolute atomic E-state index is 14.5. The van der Waals surface area contributed by atoms with Crippen LogP contribution in [0.1, 0.15) is 34.1 Å². The van der Waals surface area contributed by atoms with Gasteiger partial charge in [-0.3, -0.25) is 4.99 Å². The molecule has 0 spiro atoms. The topological polar surface area (TPSA) is 56.5 Å². The summed E-state index contributed by atoms with van der Waals surface area (Å²) in [6, 6.07) is 11.7. The van der Waals surface area contributed by atoms with Crippen molar-refractivity contribution in [2.75, 3.05) is 6.61 Å². The van der Waals surface area contributed by atoms with E-state index in [-0.39, 0.29) is 19.0 Å². The fraction of sp³-hybridized carbons (Fsp3) is 0.150. The minimum absolute atomic E-state index is 0.157. The molecule has 1 aliphatic heterocycles. The SMILES string of the molecule is CCOC(=O)c1cnn2c1CN=C(c1ccccc1F)c1cc(Cl)ccc1-2. The summed E-state index contributed by atoms with van der Waals surface area (Å²) in [5.74, 6) is -0.842. The zero-order valence-corrected chi connectivity index (χ0v) is 15.2. The lowest BCUT2D eigenvalue weighted by Crippen LogP contribution is -2.10. The van der Waals surface area contributed by atoms with Gasteiger partial charge >= 0.3 is 5.97 Å². The van der Waals surface area contributed by atoms with Gasteiger partial charge in [-0.25, -0.2) is 13.9 Å². The second-order valence-corrected chi connectivity index (χ2v) is 6.38. The second kappa shape index (κ2) is 6.96. The number of ether oxygens (including phenoxy) is 1. The van der Waals surface area contributed by atoms with E-state index in [1.807, 2.05) is 0 Å². The molecule has 3 aromatic rings. The fourth-order valence-corrected chi connectivity index (χ4v) is 3.29. The molecule has 0 bridgehead atoms. The van der Waals surface area contributed by atoms with Crippen LogP contribution in [0.15, 0.2) is 53.7 Å². The monoisotopic (exact) mass is 383 g/mol. The predicted octanol–water partition coefficient (Wildman–Crippen LogP) is 4.19. The number of nitrogens with zero attached hydrogens (tertiary/aromatic N) is 3. The van der Waals surface area contributed by atoms with Crippen molar-refractivity contribution in [1.29, 1.82) is 0 Å². The van der Waals surface area contributed by atoms with E-state index in [4.69, 9.17) is 16.3 Å². The van der Waals surface area contributed by atoms with E-state index in [1.54, 1.807) is 48.0 Å². The van der Waals surface area contributed by atoms with Crippen LogP contribution in [-0.4, -0.2) is 28.1 Å². The van der Waals surface area contributed by atoms with Gasteiger partial charge in [-0.15, -0.1) is 0 Å². The molecule has 1 aliphatic rings. The Labute approximate surface area is 160 Å². The van der Waals surface area contributed by atoms with Crippen LogP contribution in [0.3, 0.4) is 0 Å². The number of hydrogen-bond acceptors (Lipinski definition) is 4. The molecule has 0 aliphatic carbocycles. The highest BCUT2D eigenvalue weighted by Gasteiger charge is 2.26. The molecule has 5 nitrogen and oxygen atoms in total. The Balaban J connectivity index is 1.94. The number of hydrogen-bond donors (Lipinski definition) is 0. The van der Waals surface area contributed by atoms with Crippen LogP contribution in [0.25, 0.3) is 5.69 Å². The minimum Gasteiger partial charge on any atom is -0.462 e. The van der Waals surface area contributed by atoms with Crippen LogP contribution in [-0.2, 0) is 11.3 Å². The van der Waals surface area contributed by atoms with Crippen LogP contribution in [0.2, 0.25) is 5.02 Å². The maximum Gasteiger partial charge on any atom is 0.341 e. The van der Waals surface area contributed by atoms with Crippen molar-refractivity contribution in [3.8, 4) is 5.69 Å². The van der Waals surface area contributed by atoms with E-state index < -0.39 is 5.97 Å². The van der Waals surface area contributed by atoms with Gasteiger partial charge in [0.05, 0.1) is 36.4 Å². The number of aromatic nitrogens is 2. The van der Waals surface area contributed by atoms with Gasteiger partial charge in [0.25, 0.3) is 0 Å². The minimum atomic E-state index is -0.459. The molecule has 0 unspecified atom stereocenters. The molecule has 7 heteroatoms. The molecule has 2 heterocycles. The number of carbonyl (C=O) groups excluding carboxylic acids is 1. The van der Waals surface area contributed by atoms with Gasteiger partial charge in [0.15, 0.2) is 0 Å². The van der Waals surface area contributed by atoms with Crippen LogP contribution < -0.4 is 0 Å². The lowest BCUT2D eigenvalue weighted by atomic mass is 10.00. The average Bonchev–Trinajstić information content (AvgIpc) is 3.01. The predicted molar refractivity (Wildman–Crippen MR) is 100 cm³/mol. The maximum atomic E-state index is 14.5. The van der Waals surface area contributed by atoms with E-state index in [0.29, 0.717) is 38.8 Å². The number of carbonyl (C=O) groups is 1. The third-order valence-electron chi connectivity index (χ3n) is 4.32. The molecule has 0 amide bonds. The molecular weight excluding hydrogens is 369 g/mol. The van der Waals surface area contributed by atoms with E-state index in [0.717, 1.165) is 0 Å². The molecule has 0 N–H and O–H groups in total. The smallest absolute Gasteiger partial charge is 0.341 e. The van der Waals surface area contributed by atoms with Crippen molar-refractivity contribution >= 4 is 23.3 Å². The molecule has 0 saturated heterocycles. The third kappa shape index (κ3) is 3.02. The third-order valence-corrected chi connectivity index (χ3v) is 4.56. The van der Waals surface area contributed by atoms with Gasteiger partial charge in [-0.05, 0) is 37.3 Å². The van der Waals surface area contributed by atoms with E-state index in [1.165, 1.54) is 12.3 Å². The number of aliphatic imine (C=N–C) groups is 1. The highest BCUT2D eigenvalue weighted by atomic mass is 35.5. The van der Waals surface area contributed by atoms with Gasteiger partial charge in [-0.1, -0.05) is 23.7 Å². The quantitative estimate of drug-likeness (QED) is 0.637. The molecule has 2 aromatic carbocycles. The summed E-state index contributed by atoms with van der Waals surface area (Å²) in [5.41, 5.74) is 3.07. The van der Waals surface area contributed by atoms with Crippen molar-refractivity contribution in [3.05, 3.63) is 81.9 Å². The van der Waals surface area contributed by atoms with Crippen LogP contribution in [0.5, 0.6) is 0 Å². The molecular formula is C20H15ClFN3O2. The highest BCUT2D eigenvalue weighted by molar-refractivity contribution is 6.31. The summed E-state index contributed by atoms with van der Waals surface area (Å²) in [6.07, 6.45) is 1.47. The van der Waals surface area contributed by atoms with Crippen LogP contribution in [0, 0.1) is 5.82 Å². The first-order valence-corrected chi connectivity index (χ1v) is 8.81. The number of halogens is 2. The summed E-state index contributed by atoms with van der Waals surface area (Å²) in [6.45, 7) is 2.16. The van der Waals surface area contributed by atoms with Crippen molar-refractivity contribution in [3.63, 3.8) is 0 Å². The summed E-state index contributed by atoms with van der Waals surface area (Å²) in [5, 5.41) is 4.85. The number of rotatable bonds is 3. The lowest BCUT2D eigenvalue weighted by Gasteiger charge is -2.12. The van der Waals surface area contributed by atoms with Crippen molar-refractivity contribution in [1.82, 2.24) is 9.78 Å². The first-order valence-electron chi connectivity index (χ1n) is 8.43. The zero-order valence-electron chi connectivity index (χ0n) is 14.4. The first-order chi connectivity index (χ1) is 13.1. The van der Waals surface area contributed by atoms with Gasteiger partial charge in [0.1, 0.15) is 11.4 Å². The largest absolute Gasteiger partial charge is 0.462 e.